The monoisotopic (exact) mass is 293 g/mol. The minimum atomic E-state index is -3.48. The van der Waals surface area contributed by atoms with E-state index in [0.29, 0.717) is 16.6 Å². The van der Waals surface area contributed by atoms with Gasteiger partial charge in [0.05, 0.1) is 17.7 Å². The highest BCUT2D eigenvalue weighted by molar-refractivity contribution is 7.89. The topological polar surface area (TPSA) is 50.5 Å². The number of hydrogen-bond donors (Lipinski definition) is 0. The maximum atomic E-state index is 12.4. The molecule has 0 N–H and O–H groups in total. The van der Waals surface area contributed by atoms with Crippen LogP contribution in [0.4, 0.5) is 0 Å². The summed E-state index contributed by atoms with van der Waals surface area (Å²) in [5.41, 5.74) is 1.12. The van der Waals surface area contributed by atoms with E-state index in [9.17, 15) is 8.42 Å². The minimum absolute atomic E-state index is 0.223. The van der Waals surface area contributed by atoms with Crippen molar-refractivity contribution in [1.29, 1.82) is 0 Å². The van der Waals surface area contributed by atoms with Crippen molar-refractivity contribution in [3.05, 3.63) is 54.0 Å². The van der Waals surface area contributed by atoms with Crippen molar-refractivity contribution in [1.82, 2.24) is 4.31 Å². The molecule has 0 aliphatic carbocycles. The van der Waals surface area contributed by atoms with E-state index in [2.05, 4.69) is 13.8 Å². The summed E-state index contributed by atoms with van der Waals surface area (Å²) in [4.78, 5) is 0.302. The SMILES string of the molecule is CC(C)c1ccc(S(=O)(=O)N(C)Cc2ccco2)cc1. The first-order chi connectivity index (χ1) is 9.41. The van der Waals surface area contributed by atoms with Crippen LogP contribution in [0.25, 0.3) is 0 Å². The summed E-state index contributed by atoms with van der Waals surface area (Å²) in [5.74, 6) is 1.00. The van der Waals surface area contributed by atoms with E-state index in [1.54, 1.807) is 31.3 Å². The highest BCUT2D eigenvalue weighted by atomic mass is 32.2. The lowest BCUT2D eigenvalue weighted by Crippen LogP contribution is -2.26. The van der Waals surface area contributed by atoms with Gasteiger partial charge in [-0.3, -0.25) is 0 Å². The Hall–Kier alpha value is -1.59. The van der Waals surface area contributed by atoms with Gasteiger partial charge in [0.1, 0.15) is 5.76 Å². The molecule has 0 saturated heterocycles. The molecule has 0 unspecified atom stereocenters. The lowest BCUT2D eigenvalue weighted by Gasteiger charge is -2.16. The van der Waals surface area contributed by atoms with Gasteiger partial charge in [-0.25, -0.2) is 8.42 Å². The van der Waals surface area contributed by atoms with E-state index in [0.717, 1.165) is 5.56 Å². The fraction of sp³-hybridized carbons (Fsp3) is 0.333. The average Bonchev–Trinajstić information content (AvgIpc) is 2.91. The van der Waals surface area contributed by atoms with Crippen LogP contribution >= 0.6 is 0 Å². The highest BCUT2D eigenvalue weighted by Gasteiger charge is 2.21. The zero-order valence-corrected chi connectivity index (χ0v) is 12.7. The Morgan fingerprint density at radius 1 is 1.15 bits per heavy atom. The molecule has 5 heteroatoms. The fourth-order valence-corrected chi connectivity index (χ4v) is 3.05. The normalized spacial score (nSPS) is 12.2. The maximum absolute atomic E-state index is 12.4. The Morgan fingerprint density at radius 3 is 2.30 bits per heavy atom. The number of nitrogens with zero attached hydrogens (tertiary/aromatic N) is 1. The molecule has 0 saturated carbocycles. The van der Waals surface area contributed by atoms with Crippen molar-refractivity contribution in [2.75, 3.05) is 7.05 Å². The zero-order valence-electron chi connectivity index (χ0n) is 11.9. The van der Waals surface area contributed by atoms with E-state index in [4.69, 9.17) is 4.42 Å². The first kappa shape index (κ1) is 14.8. The third kappa shape index (κ3) is 3.11. The first-order valence-corrected chi connectivity index (χ1v) is 7.94. The summed E-state index contributed by atoms with van der Waals surface area (Å²) in [6, 6.07) is 10.5. The Morgan fingerprint density at radius 2 is 1.80 bits per heavy atom. The van der Waals surface area contributed by atoms with E-state index < -0.39 is 10.0 Å². The first-order valence-electron chi connectivity index (χ1n) is 6.50. The molecule has 0 spiro atoms. The molecule has 108 valence electrons. The van der Waals surface area contributed by atoms with Crippen molar-refractivity contribution >= 4 is 10.0 Å². The molecule has 20 heavy (non-hydrogen) atoms. The lowest BCUT2D eigenvalue weighted by molar-refractivity contribution is 0.406. The second kappa shape index (κ2) is 5.81. The van der Waals surface area contributed by atoms with E-state index in [-0.39, 0.29) is 6.54 Å². The van der Waals surface area contributed by atoms with Gasteiger partial charge in [0.15, 0.2) is 0 Å². The summed E-state index contributed by atoms with van der Waals surface area (Å²) < 4.78 is 31.3. The second-order valence-electron chi connectivity index (χ2n) is 5.06. The van der Waals surface area contributed by atoms with Crippen LogP contribution in [0.2, 0.25) is 0 Å². The van der Waals surface area contributed by atoms with Crippen LogP contribution in [0, 0.1) is 0 Å². The van der Waals surface area contributed by atoms with Gasteiger partial charge < -0.3 is 4.42 Å². The molecule has 2 aromatic rings. The predicted octanol–water partition coefficient (Wildman–Crippen LogP) is 3.22. The number of benzene rings is 1. The van der Waals surface area contributed by atoms with Crippen LogP contribution in [-0.2, 0) is 16.6 Å². The minimum Gasteiger partial charge on any atom is -0.468 e. The summed E-state index contributed by atoms with van der Waals surface area (Å²) in [6.45, 7) is 4.38. The van der Waals surface area contributed by atoms with Gasteiger partial charge in [0, 0.05) is 7.05 Å². The van der Waals surface area contributed by atoms with Gasteiger partial charge in [-0.2, -0.15) is 4.31 Å². The number of rotatable bonds is 5. The van der Waals surface area contributed by atoms with Gasteiger partial charge in [-0.05, 0) is 35.7 Å². The van der Waals surface area contributed by atoms with Gasteiger partial charge >= 0.3 is 0 Å². The summed E-state index contributed by atoms with van der Waals surface area (Å²) in [6.07, 6.45) is 1.53. The van der Waals surface area contributed by atoms with Crippen molar-refractivity contribution in [2.24, 2.45) is 0 Å². The quantitative estimate of drug-likeness (QED) is 0.850. The van der Waals surface area contributed by atoms with Gasteiger partial charge in [0.25, 0.3) is 0 Å². The number of sulfonamides is 1. The highest BCUT2D eigenvalue weighted by Crippen LogP contribution is 2.20. The Labute approximate surface area is 120 Å². The molecule has 0 amide bonds. The largest absolute Gasteiger partial charge is 0.468 e. The smallest absolute Gasteiger partial charge is 0.243 e. The summed E-state index contributed by atoms with van der Waals surface area (Å²) in [7, 11) is -1.93. The molecule has 2 rings (SSSR count). The molecule has 0 aliphatic heterocycles. The summed E-state index contributed by atoms with van der Waals surface area (Å²) in [5, 5.41) is 0. The van der Waals surface area contributed by atoms with Crippen molar-refractivity contribution < 1.29 is 12.8 Å². The Balaban J connectivity index is 2.21. The number of furan rings is 1. The summed E-state index contributed by atoms with van der Waals surface area (Å²) >= 11 is 0. The van der Waals surface area contributed by atoms with Crippen molar-refractivity contribution in [3.8, 4) is 0 Å². The Bertz CT molecular complexity index is 643. The van der Waals surface area contributed by atoms with Crippen LogP contribution in [0.3, 0.4) is 0 Å². The molecule has 0 atom stereocenters. The van der Waals surface area contributed by atoms with Crippen LogP contribution < -0.4 is 0 Å². The predicted molar refractivity (Wildman–Crippen MR) is 77.9 cm³/mol. The standard InChI is InChI=1S/C15H19NO3S/c1-12(2)13-6-8-15(9-7-13)20(17,18)16(3)11-14-5-4-10-19-14/h4-10,12H,11H2,1-3H3. The molecule has 0 radical (unpaired) electrons. The molecular formula is C15H19NO3S. The molecule has 1 aromatic heterocycles. The van der Waals surface area contributed by atoms with E-state index in [1.807, 2.05) is 12.1 Å². The molecular weight excluding hydrogens is 274 g/mol. The molecule has 1 heterocycles. The van der Waals surface area contributed by atoms with Crippen LogP contribution in [-0.4, -0.2) is 19.8 Å². The van der Waals surface area contributed by atoms with Gasteiger partial charge in [-0.15, -0.1) is 0 Å². The van der Waals surface area contributed by atoms with Crippen LogP contribution in [0.1, 0.15) is 31.1 Å². The molecule has 0 aliphatic rings. The fourth-order valence-electron chi connectivity index (χ4n) is 1.91. The van der Waals surface area contributed by atoms with Gasteiger partial charge in [0.2, 0.25) is 10.0 Å². The molecule has 4 nitrogen and oxygen atoms in total. The van der Waals surface area contributed by atoms with Gasteiger partial charge in [-0.1, -0.05) is 26.0 Å². The zero-order chi connectivity index (χ0) is 14.8. The molecule has 1 aromatic carbocycles. The Kier molecular flexibility index (Phi) is 4.30. The van der Waals surface area contributed by atoms with Crippen LogP contribution in [0.5, 0.6) is 0 Å². The average molecular weight is 293 g/mol. The maximum Gasteiger partial charge on any atom is 0.243 e. The number of hydrogen-bond acceptors (Lipinski definition) is 3. The second-order valence-corrected chi connectivity index (χ2v) is 7.11. The third-order valence-corrected chi connectivity index (χ3v) is 5.03. The van der Waals surface area contributed by atoms with Crippen molar-refractivity contribution in [3.63, 3.8) is 0 Å². The van der Waals surface area contributed by atoms with Crippen molar-refractivity contribution in [2.45, 2.75) is 31.2 Å². The van der Waals surface area contributed by atoms with E-state index in [1.165, 1.54) is 10.6 Å². The van der Waals surface area contributed by atoms with E-state index >= 15 is 0 Å². The molecule has 0 bridgehead atoms. The van der Waals surface area contributed by atoms with Crippen LogP contribution in [0.15, 0.2) is 52.0 Å². The molecule has 0 fully saturated rings. The lowest BCUT2D eigenvalue weighted by atomic mass is 10.0. The third-order valence-electron chi connectivity index (χ3n) is 3.21.